The second-order valence-corrected chi connectivity index (χ2v) is 2.24. The lowest BCUT2D eigenvalue weighted by Gasteiger charge is -2.09. The highest BCUT2D eigenvalue weighted by molar-refractivity contribution is 5.67. The molecular weight excluding hydrogens is 124 g/mol. The first kappa shape index (κ1) is 5.54. The average Bonchev–Trinajstić information content (AvgIpc) is 1.92. The highest BCUT2D eigenvalue weighted by Crippen LogP contribution is 2.25. The molecule has 0 saturated carbocycles. The molecule has 0 bridgehead atoms. The summed E-state index contributed by atoms with van der Waals surface area (Å²) < 4.78 is 5.04. The molecule has 0 aromatic heterocycles. The zero-order chi connectivity index (χ0) is 6.97. The van der Waals surface area contributed by atoms with E-state index in [9.17, 15) is 0 Å². The molecule has 1 aliphatic carbocycles. The van der Waals surface area contributed by atoms with E-state index in [4.69, 9.17) is 4.74 Å². The quantitative estimate of drug-likeness (QED) is 0.574. The van der Waals surface area contributed by atoms with Crippen molar-refractivity contribution in [2.75, 3.05) is 7.11 Å². The molecule has 0 amide bonds. The van der Waals surface area contributed by atoms with Crippen LogP contribution in [0, 0.1) is 6.08 Å². The Morgan fingerprint density at radius 3 is 2.80 bits per heavy atom. The third kappa shape index (κ3) is 0.637. The summed E-state index contributed by atoms with van der Waals surface area (Å²) >= 11 is 0. The van der Waals surface area contributed by atoms with Crippen LogP contribution in [0.3, 0.4) is 0 Å². The molecule has 0 heterocycles. The first-order valence-corrected chi connectivity index (χ1v) is 3.18. The number of benzene rings is 1. The van der Waals surface area contributed by atoms with Crippen LogP contribution in [0.2, 0.25) is 0 Å². The minimum Gasteiger partial charge on any atom is -0.497 e. The van der Waals surface area contributed by atoms with Crippen molar-refractivity contribution in [2.24, 2.45) is 0 Å². The topological polar surface area (TPSA) is 9.23 Å². The predicted molar refractivity (Wildman–Crippen MR) is 39.8 cm³/mol. The van der Waals surface area contributed by atoms with Crippen molar-refractivity contribution >= 4 is 6.08 Å². The van der Waals surface area contributed by atoms with E-state index in [2.05, 4.69) is 6.08 Å². The maximum atomic E-state index is 5.04. The van der Waals surface area contributed by atoms with Gasteiger partial charge in [-0.05, 0) is 35.4 Å². The van der Waals surface area contributed by atoms with Crippen molar-refractivity contribution in [1.29, 1.82) is 0 Å². The van der Waals surface area contributed by atoms with Gasteiger partial charge in [0.2, 0.25) is 0 Å². The first-order chi connectivity index (χ1) is 4.90. The third-order valence-corrected chi connectivity index (χ3v) is 1.64. The summed E-state index contributed by atoms with van der Waals surface area (Å²) in [5.74, 6) is 0.913. The van der Waals surface area contributed by atoms with Gasteiger partial charge < -0.3 is 4.74 Å². The summed E-state index contributed by atoms with van der Waals surface area (Å²) in [6.07, 6.45) is 5.02. The van der Waals surface area contributed by atoms with Gasteiger partial charge in [-0.2, -0.15) is 0 Å². The maximum Gasteiger partial charge on any atom is 0.119 e. The van der Waals surface area contributed by atoms with Gasteiger partial charge in [0.15, 0.2) is 0 Å². The minimum atomic E-state index is 0.913. The molecular formula is C9H7O. The number of methoxy groups -OCH3 is 1. The van der Waals surface area contributed by atoms with Gasteiger partial charge in [-0.25, -0.2) is 0 Å². The van der Waals surface area contributed by atoms with E-state index < -0.39 is 0 Å². The zero-order valence-corrected chi connectivity index (χ0v) is 5.72. The van der Waals surface area contributed by atoms with Crippen LogP contribution in [0.5, 0.6) is 5.75 Å². The molecule has 1 aliphatic rings. The summed E-state index contributed by atoms with van der Waals surface area (Å²) in [5, 5.41) is 0. The van der Waals surface area contributed by atoms with Crippen LogP contribution < -0.4 is 4.74 Å². The molecule has 1 radical (unpaired) electrons. The van der Waals surface area contributed by atoms with Gasteiger partial charge in [-0.1, -0.05) is 6.07 Å². The summed E-state index contributed by atoms with van der Waals surface area (Å²) in [4.78, 5) is 0. The molecule has 1 aromatic rings. The Labute approximate surface area is 59.9 Å². The van der Waals surface area contributed by atoms with Crippen LogP contribution >= 0.6 is 0 Å². The lowest BCUT2D eigenvalue weighted by molar-refractivity contribution is 0.414. The van der Waals surface area contributed by atoms with Crippen molar-refractivity contribution in [3.05, 3.63) is 35.4 Å². The van der Waals surface area contributed by atoms with Crippen molar-refractivity contribution in [3.63, 3.8) is 0 Å². The molecule has 1 heteroatoms. The molecule has 0 unspecified atom stereocenters. The van der Waals surface area contributed by atoms with Crippen molar-refractivity contribution in [2.45, 2.75) is 0 Å². The Morgan fingerprint density at radius 2 is 2.30 bits per heavy atom. The Balaban J connectivity index is 2.46. The van der Waals surface area contributed by atoms with Crippen LogP contribution in [0.15, 0.2) is 18.2 Å². The van der Waals surface area contributed by atoms with Crippen molar-refractivity contribution < 1.29 is 4.74 Å². The van der Waals surface area contributed by atoms with Crippen LogP contribution in [-0.4, -0.2) is 7.11 Å². The fourth-order valence-electron chi connectivity index (χ4n) is 0.996. The summed E-state index contributed by atoms with van der Waals surface area (Å²) in [6.45, 7) is 0. The first-order valence-electron chi connectivity index (χ1n) is 3.18. The van der Waals surface area contributed by atoms with E-state index in [0.29, 0.717) is 0 Å². The SMILES string of the molecule is COc1ccc2c(c1)C=[C]2. The van der Waals surface area contributed by atoms with Gasteiger partial charge in [0.1, 0.15) is 5.75 Å². The Kier molecular flexibility index (Phi) is 1.04. The van der Waals surface area contributed by atoms with Crippen LogP contribution in [0.25, 0.3) is 6.08 Å². The van der Waals surface area contributed by atoms with Gasteiger partial charge in [0.25, 0.3) is 0 Å². The van der Waals surface area contributed by atoms with Crippen molar-refractivity contribution in [1.82, 2.24) is 0 Å². The van der Waals surface area contributed by atoms with E-state index in [1.807, 2.05) is 24.3 Å². The van der Waals surface area contributed by atoms with Gasteiger partial charge >= 0.3 is 0 Å². The molecule has 10 heavy (non-hydrogen) atoms. The van der Waals surface area contributed by atoms with E-state index in [0.717, 1.165) is 5.75 Å². The Bertz CT molecular complexity index is 287. The highest BCUT2D eigenvalue weighted by atomic mass is 16.5. The molecule has 0 fully saturated rings. The van der Waals surface area contributed by atoms with E-state index in [-0.39, 0.29) is 0 Å². The molecule has 0 atom stereocenters. The number of fused-ring (bicyclic) bond motifs is 1. The molecule has 49 valence electrons. The van der Waals surface area contributed by atoms with Crippen LogP contribution in [-0.2, 0) is 0 Å². The van der Waals surface area contributed by atoms with Crippen LogP contribution in [0.4, 0.5) is 0 Å². The zero-order valence-electron chi connectivity index (χ0n) is 5.72. The Hall–Kier alpha value is -1.24. The fourth-order valence-corrected chi connectivity index (χ4v) is 0.996. The Morgan fingerprint density at radius 1 is 1.40 bits per heavy atom. The number of hydrogen-bond acceptors (Lipinski definition) is 1. The molecule has 1 aromatic carbocycles. The lowest BCUT2D eigenvalue weighted by atomic mass is 9.98. The standard InChI is InChI=1S/C9H7O/c1-10-9-5-4-7-2-3-8(7)6-9/h3-6H,1H3. The molecule has 2 rings (SSSR count). The molecule has 0 spiro atoms. The largest absolute Gasteiger partial charge is 0.497 e. The van der Waals surface area contributed by atoms with E-state index >= 15 is 0 Å². The molecule has 0 aliphatic heterocycles. The van der Waals surface area contributed by atoms with Gasteiger partial charge in [-0.3, -0.25) is 0 Å². The smallest absolute Gasteiger partial charge is 0.119 e. The van der Waals surface area contributed by atoms with Gasteiger partial charge in [0, 0.05) is 0 Å². The normalized spacial score (nSPS) is 12.1. The monoisotopic (exact) mass is 131 g/mol. The molecule has 0 N–H and O–H groups in total. The number of hydrogen-bond donors (Lipinski definition) is 0. The second-order valence-electron chi connectivity index (χ2n) is 2.24. The second kappa shape index (κ2) is 1.87. The van der Waals surface area contributed by atoms with E-state index in [1.165, 1.54) is 11.1 Å². The van der Waals surface area contributed by atoms with Gasteiger partial charge in [-0.15, -0.1) is 0 Å². The number of ether oxygens (including phenoxy) is 1. The summed E-state index contributed by atoms with van der Waals surface area (Å²) in [7, 11) is 1.67. The van der Waals surface area contributed by atoms with Gasteiger partial charge in [0.05, 0.1) is 7.11 Å². The number of rotatable bonds is 1. The lowest BCUT2D eigenvalue weighted by Crippen LogP contribution is -1.92. The predicted octanol–water partition coefficient (Wildman–Crippen LogP) is 1.87. The average molecular weight is 131 g/mol. The van der Waals surface area contributed by atoms with E-state index in [1.54, 1.807) is 7.11 Å². The van der Waals surface area contributed by atoms with Crippen LogP contribution in [0.1, 0.15) is 11.1 Å². The van der Waals surface area contributed by atoms with Crippen molar-refractivity contribution in [3.8, 4) is 5.75 Å². The molecule has 1 nitrogen and oxygen atoms in total. The highest BCUT2D eigenvalue weighted by Gasteiger charge is 2.05. The third-order valence-electron chi connectivity index (χ3n) is 1.64. The summed E-state index contributed by atoms with van der Waals surface area (Å²) in [5.41, 5.74) is 2.40. The minimum absolute atomic E-state index is 0.913. The molecule has 0 saturated heterocycles. The summed E-state index contributed by atoms with van der Waals surface area (Å²) in [6, 6.07) is 5.96. The maximum absolute atomic E-state index is 5.04. The fraction of sp³-hybridized carbons (Fsp3) is 0.111.